The minimum absolute atomic E-state index is 0.00251. The second kappa shape index (κ2) is 74.0. The molecule has 0 bridgehead atoms. The molecule has 498 valence electrons. The molecular weight excluding hydrogens is 1040 g/mol. The maximum Gasteiger partial charge on any atom is 0.305 e. The summed E-state index contributed by atoms with van der Waals surface area (Å²) in [5, 5.41) is 23.2. The number of nitrogens with one attached hydrogen (secondary N) is 1. The number of carbonyl (C=O) groups is 2. The Morgan fingerprint density at radius 1 is 0.329 bits per heavy atom. The quantitative estimate of drug-likeness (QED) is 0.0320. The average molecular weight is 1190 g/mol. The predicted octanol–water partition coefficient (Wildman–Crippen LogP) is 25.0. The van der Waals surface area contributed by atoms with Crippen LogP contribution in [-0.4, -0.2) is 47.4 Å². The van der Waals surface area contributed by atoms with Crippen LogP contribution in [0.5, 0.6) is 0 Å². The molecule has 0 aliphatic heterocycles. The lowest BCUT2D eigenvalue weighted by molar-refractivity contribution is -0.143. The van der Waals surface area contributed by atoms with E-state index in [0.717, 1.165) is 57.8 Å². The van der Waals surface area contributed by atoms with Gasteiger partial charge in [-0.2, -0.15) is 0 Å². The molecule has 0 heterocycles. The second-order valence-electron chi connectivity index (χ2n) is 26.0. The van der Waals surface area contributed by atoms with Crippen LogP contribution < -0.4 is 5.32 Å². The molecule has 1 amide bonds. The fourth-order valence-electron chi connectivity index (χ4n) is 11.7. The molecule has 0 aromatic rings. The van der Waals surface area contributed by atoms with Crippen molar-refractivity contribution < 1.29 is 24.5 Å². The summed E-state index contributed by atoms with van der Waals surface area (Å²) in [6.45, 7) is 4.90. The minimum Gasteiger partial charge on any atom is -0.466 e. The van der Waals surface area contributed by atoms with Gasteiger partial charge >= 0.3 is 5.97 Å². The van der Waals surface area contributed by atoms with E-state index in [4.69, 9.17) is 4.74 Å². The normalized spacial score (nSPS) is 12.8. The molecule has 6 nitrogen and oxygen atoms in total. The van der Waals surface area contributed by atoms with Gasteiger partial charge in [0.25, 0.3) is 0 Å². The number of ether oxygens (including phenoxy) is 1. The zero-order valence-corrected chi connectivity index (χ0v) is 57.1. The van der Waals surface area contributed by atoms with Crippen molar-refractivity contribution in [1.29, 1.82) is 0 Å². The van der Waals surface area contributed by atoms with E-state index in [2.05, 4.69) is 67.8 Å². The van der Waals surface area contributed by atoms with E-state index in [0.29, 0.717) is 19.4 Å². The van der Waals surface area contributed by atoms with Gasteiger partial charge in [0.15, 0.2) is 0 Å². The molecule has 6 heteroatoms. The van der Waals surface area contributed by atoms with Crippen LogP contribution in [0.2, 0.25) is 0 Å². The molecule has 3 N–H and O–H groups in total. The first-order chi connectivity index (χ1) is 42.0. The van der Waals surface area contributed by atoms with Crippen LogP contribution in [0.3, 0.4) is 0 Å². The third kappa shape index (κ3) is 70.5. The van der Waals surface area contributed by atoms with E-state index in [1.165, 1.54) is 321 Å². The highest BCUT2D eigenvalue weighted by Crippen LogP contribution is 2.18. The monoisotopic (exact) mass is 1190 g/mol. The number of unbranched alkanes of at least 4 members (excludes halogenated alkanes) is 52. The second-order valence-corrected chi connectivity index (χ2v) is 26.0. The van der Waals surface area contributed by atoms with Crippen LogP contribution in [0.4, 0.5) is 0 Å². The van der Waals surface area contributed by atoms with Gasteiger partial charge in [-0.3, -0.25) is 9.59 Å². The van der Waals surface area contributed by atoms with Gasteiger partial charge in [0.1, 0.15) is 0 Å². The van der Waals surface area contributed by atoms with Crippen molar-refractivity contribution in [2.75, 3.05) is 13.2 Å². The molecule has 0 aromatic heterocycles. The summed E-state index contributed by atoms with van der Waals surface area (Å²) in [7, 11) is 0. The summed E-state index contributed by atoms with van der Waals surface area (Å²) < 4.78 is 5.49. The van der Waals surface area contributed by atoms with Crippen LogP contribution in [0.25, 0.3) is 0 Å². The number of allylic oxidation sites excluding steroid dienone is 9. The highest BCUT2D eigenvalue weighted by molar-refractivity contribution is 5.76. The molecule has 2 atom stereocenters. The molecule has 0 aliphatic carbocycles. The highest BCUT2D eigenvalue weighted by Gasteiger charge is 2.18. The summed E-state index contributed by atoms with van der Waals surface area (Å²) in [6, 6.07) is -0.627. The Morgan fingerprint density at radius 2 is 0.588 bits per heavy atom. The Hall–Kier alpha value is -2.44. The molecule has 0 aromatic carbocycles. The maximum absolute atomic E-state index is 12.5. The van der Waals surface area contributed by atoms with E-state index in [1.807, 2.05) is 6.08 Å². The zero-order chi connectivity index (χ0) is 61.3. The van der Waals surface area contributed by atoms with Crippen molar-refractivity contribution in [2.24, 2.45) is 0 Å². The minimum atomic E-state index is -0.844. The van der Waals surface area contributed by atoms with Gasteiger partial charge in [-0.25, -0.2) is 0 Å². The molecule has 0 spiro atoms. The standard InChI is InChI=1S/C79H147NO5/c1-3-5-7-9-11-13-15-17-19-20-40-44-47-51-55-59-63-67-71-77(82)76(75-81)80-78(83)72-68-64-60-56-52-48-45-41-38-36-34-32-30-28-26-24-22-21-23-25-27-29-31-33-35-37-39-42-46-50-54-58-62-66-70-74-85-79(84)73-69-65-61-57-53-49-43-18-16-14-12-10-8-6-4-2/h12,14,18,23,25,29,31,43,67,71,76-77,81-82H,3-11,13,15-17,19-22,24,26-28,30,32-42,44-66,68-70,72-75H2,1-2H3,(H,80,83)/b14-12-,25-23-,31-29-,43-18-,71-67+. The van der Waals surface area contributed by atoms with Crippen molar-refractivity contribution in [3.05, 3.63) is 60.8 Å². The molecule has 85 heavy (non-hydrogen) atoms. The van der Waals surface area contributed by atoms with E-state index in [9.17, 15) is 19.8 Å². The van der Waals surface area contributed by atoms with Crippen molar-refractivity contribution in [2.45, 2.75) is 418 Å². The van der Waals surface area contributed by atoms with Gasteiger partial charge < -0.3 is 20.3 Å². The lowest BCUT2D eigenvalue weighted by Gasteiger charge is -2.20. The first-order valence-electron chi connectivity index (χ1n) is 38.1. The summed E-state index contributed by atoms with van der Waals surface area (Å²) in [5.74, 6) is -0.0603. The van der Waals surface area contributed by atoms with Crippen molar-refractivity contribution >= 4 is 11.9 Å². The fraction of sp³-hybridized carbons (Fsp3) is 0.848. The van der Waals surface area contributed by atoms with E-state index in [1.54, 1.807) is 6.08 Å². The Morgan fingerprint density at radius 3 is 0.918 bits per heavy atom. The first kappa shape index (κ1) is 82.6. The van der Waals surface area contributed by atoms with Gasteiger partial charge in [-0.1, -0.05) is 357 Å². The molecule has 0 rings (SSSR count). The number of amides is 1. The number of aliphatic hydroxyl groups excluding tert-OH is 2. The number of esters is 1. The van der Waals surface area contributed by atoms with Gasteiger partial charge in [0, 0.05) is 12.8 Å². The number of aliphatic hydroxyl groups is 2. The van der Waals surface area contributed by atoms with Gasteiger partial charge in [0.05, 0.1) is 25.4 Å². The molecule has 0 saturated carbocycles. The highest BCUT2D eigenvalue weighted by atomic mass is 16.5. The topological polar surface area (TPSA) is 95.9 Å². The molecule has 0 aliphatic rings. The largest absolute Gasteiger partial charge is 0.466 e. The van der Waals surface area contributed by atoms with Crippen LogP contribution >= 0.6 is 0 Å². The molecular formula is C79H147NO5. The first-order valence-corrected chi connectivity index (χ1v) is 38.1. The van der Waals surface area contributed by atoms with Gasteiger partial charge in [-0.15, -0.1) is 0 Å². The average Bonchev–Trinajstić information content (AvgIpc) is 3.51. The van der Waals surface area contributed by atoms with Crippen LogP contribution in [0, 0.1) is 0 Å². The van der Waals surface area contributed by atoms with Crippen LogP contribution in [0.1, 0.15) is 406 Å². The van der Waals surface area contributed by atoms with Crippen molar-refractivity contribution in [3.63, 3.8) is 0 Å². The molecule has 2 unspecified atom stereocenters. The summed E-state index contributed by atoms with van der Waals surface area (Å²) in [5.41, 5.74) is 0. The number of hydrogen-bond acceptors (Lipinski definition) is 5. The lowest BCUT2D eigenvalue weighted by atomic mass is 10.0. The van der Waals surface area contributed by atoms with Crippen molar-refractivity contribution in [3.8, 4) is 0 Å². The van der Waals surface area contributed by atoms with E-state index >= 15 is 0 Å². The van der Waals surface area contributed by atoms with E-state index < -0.39 is 12.1 Å². The van der Waals surface area contributed by atoms with Crippen molar-refractivity contribution in [1.82, 2.24) is 5.32 Å². The predicted molar refractivity (Wildman–Crippen MR) is 375 cm³/mol. The Labute approximate surface area is 530 Å². The Balaban J connectivity index is 3.40. The fourth-order valence-corrected chi connectivity index (χ4v) is 11.7. The lowest BCUT2D eigenvalue weighted by Crippen LogP contribution is -2.45. The molecule has 0 radical (unpaired) electrons. The maximum atomic E-state index is 12.5. The molecule has 0 fully saturated rings. The van der Waals surface area contributed by atoms with Crippen LogP contribution in [0.15, 0.2) is 60.8 Å². The van der Waals surface area contributed by atoms with Crippen LogP contribution in [-0.2, 0) is 14.3 Å². The third-order valence-corrected chi connectivity index (χ3v) is 17.5. The SMILES string of the molecule is CCCCC/C=C\C/C=C\CCCCCCCC(=O)OCCCCCCCCCCCCC/C=C\C/C=C\CCCCCCCCCCCCCCCCCCCC(=O)NC(CO)C(O)/C=C/CCCCCCCCCCCCCCCCCC. The summed E-state index contributed by atoms with van der Waals surface area (Å²) >= 11 is 0. The number of carbonyl (C=O) groups excluding carboxylic acids is 2. The Kier molecular flexibility index (Phi) is 71.9. The number of rotatable bonds is 71. The van der Waals surface area contributed by atoms with Gasteiger partial charge in [0.2, 0.25) is 5.91 Å². The van der Waals surface area contributed by atoms with E-state index in [-0.39, 0.29) is 18.5 Å². The number of hydrogen-bond donors (Lipinski definition) is 3. The Bertz CT molecular complexity index is 1470. The smallest absolute Gasteiger partial charge is 0.305 e. The zero-order valence-electron chi connectivity index (χ0n) is 57.1. The summed E-state index contributed by atoms with van der Waals surface area (Å²) in [4.78, 5) is 24.6. The van der Waals surface area contributed by atoms with Gasteiger partial charge in [-0.05, 0) is 96.3 Å². The third-order valence-electron chi connectivity index (χ3n) is 17.5. The molecule has 0 saturated heterocycles. The summed E-state index contributed by atoms with van der Waals surface area (Å²) in [6.07, 6.45) is 99.0.